The molecule has 15 heteroatoms. The Morgan fingerprint density at radius 1 is 0.979 bits per heavy atom. The number of benzene rings is 1. The fraction of sp³-hybridized carbons (Fsp3) is 0.438. The van der Waals surface area contributed by atoms with E-state index in [1.54, 1.807) is 18.3 Å². The maximum atomic E-state index is 13.5. The molecule has 47 heavy (non-hydrogen) atoms. The number of nitrogen functional groups attached to an aromatic ring is 1. The molecule has 4 aliphatic rings. The molecule has 4 aliphatic heterocycles. The highest BCUT2D eigenvalue weighted by atomic mass is 16.4. The first-order valence-corrected chi connectivity index (χ1v) is 15.9. The summed E-state index contributed by atoms with van der Waals surface area (Å²) in [5.41, 5.74) is 7.83. The van der Waals surface area contributed by atoms with Gasteiger partial charge in [0, 0.05) is 50.9 Å². The van der Waals surface area contributed by atoms with Crippen molar-refractivity contribution in [2.75, 3.05) is 43.4 Å². The Morgan fingerprint density at radius 2 is 1.74 bits per heavy atom. The van der Waals surface area contributed by atoms with Gasteiger partial charge in [0.15, 0.2) is 11.5 Å². The van der Waals surface area contributed by atoms with E-state index in [1.165, 1.54) is 6.20 Å². The van der Waals surface area contributed by atoms with E-state index in [9.17, 15) is 29.1 Å². The summed E-state index contributed by atoms with van der Waals surface area (Å²) in [7, 11) is 0. The molecule has 7 rings (SSSR count). The molecule has 1 atom stereocenters. The summed E-state index contributed by atoms with van der Waals surface area (Å²) in [5.74, 6) is -2.82. The molecule has 2 aromatic heterocycles. The molecule has 0 saturated carbocycles. The Morgan fingerprint density at radius 3 is 2.47 bits per heavy atom. The monoisotopic (exact) mass is 641 g/mol. The van der Waals surface area contributed by atoms with Crippen LogP contribution in [0.15, 0.2) is 36.8 Å². The second-order valence-electron chi connectivity index (χ2n) is 12.6. The number of carboxylic acids is 1. The van der Waals surface area contributed by atoms with Gasteiger partial charge in [-0.2, -0.15) is 5.10 Å². The molecule has 0 aliphatic carbocycles. The van der Waals surface area contributed by atoms with Crippen LogP contribution in [0.3, 0.4) is 0 Å². The van der Waals surface area contributed by atoms with E-state index >= 15 is 0 Å². The first kappa shape index (κ1) is 30.5. The summed E-state index contributed by atoms with van der Waals surface area (Å²) in [6.07, 6.45) is 8.99. The van der Waals surface area contributed by atoms with Gasteiger partial charge < -0.3 is 20.6 Å². The van der Waals surface area contributed by atoms with Crippen molar-refractivity contribution < 1.29 is 29.1 Å². The standard InChI is InChI=1S/C32H35N9O6/c33-28-27(32(46)47)36-22(15-34-28)19-14-35-40(17-19)20-8-10-38(11-9-20)16-18-6-12-39(13-7-18)23-3-1-2-21-26(23)31(45)41(30(21)44)24-4-5-25(42)37-29(24)43/h1-3,14-15,17-18,20,24H,4-13,16H2,(H2,33,34)(H,46,47)(H,37,42,43). The summed E-state index contributed by atoms with van der Waals surface area (Å²) in [5, 5.41) is 16.1. The van der Waals surface area contributed by atoms with E-state index in [-0.39, 0.29) is 30.4 Å². The van der Waals surface area contributed by atoms with Gasteiger partial charge in [-0.1, -0.05) is 6.07 Å². The molecular formula is C32H35N9O6. The zero-order chi connectivity index (χ0) is 32.8. The maximum Gasteiger partial charge on any atom is 0.358 e. The lowest BCUT2D eigenvalue weighted by Gasteiger charge is -2.38. The summed E-state index contributed by atoms with van der Waals surface area (Å²) < 4.78 is 1.93. The van der Waals surface area contributed by atoms with Crippen LogP contribution in [0.1, 0.15) is 75.8 Å². The molecule has 3 aromatic rings. The van der Waals surface area contributed by atoms with Crippen molar-refractivity contribution >= 4 is 41.1 Å². The van der Waals surface area contributed by atoms with Crippen molar-refractivity contribution in [3.8, 4) is 11.3 Å². The zero-order valence-electron chi connectivity index (χ0n) is 25.7. The Hall–Kier alpha value is -5.18. The lowest BCUT2D eigenvalue weighted by molar-refractivity contribution is -0.136. The second kappa shape index (κ2) is 12.2. The number of likely N-dealkylation sites (tertiary alicyclic amines) is 1. The fourth-order valence-corrected chi connectivity index (χ4v) is 7.21. The molecule has 0 spiro atoms. The Kier molecular flexibility index (Phi) is 7.91. The van der Waals surface area contributed by atoms with Crippen molar-refractivity contribution in [1.29, 1.82) is 0 Å². The average molecular weight is 642 g/mol. The fourth-order valence-electron chi connectivity index (χ4n) is 7.21. The highest BCUT2D eigenvalue weighted by Gasteiger charge is 2.46. The molecule has 1 aromatic carbocycles. The van der Waals surface area contributed by atoms with E-state index < -0.39 is 35.6 Å². The third-order valence-electron chi connectivity index (χ3n) is 9.75. The quantitative estimate of drug-likeness (QED) is 0.316. The Labute approximate surface area is 269 Å². The number of hydrogen-bond acceptors (Lipinski definition) is 11. The van der Waals surface area contributed by atoms with Crippen LogP contribution in [0.25, 0.3) is 11.3 Å². The summed E-state index contributed by atoms with van der Waals surface area (Å²) in [6, 6.07) is 4.52. The van der Waals surface area contributed by atoms with Gasteiger partial charge in [-0.25, -0.2) is 14.8 Å². The van der Waals surface area contributed by atoms with Gasteiger partial charge in [-0.3, -0.25) is 34.1 Å². The lowest BCUT2D eigenvalue weighted by Crippen LogP contribution is -2.54. The van der Waals surface area contributed by atoms with E-state index in [0.717, 1.165) is 69.0 Å². The number of nitrogens with zero attached hydrogens (tertiary/aromatic N) is 7. The Balaban J connectivity index is 0.930. The highest BCUT2D eigenvalue weighted by Crippen LogP contribution is 2.36. The minimum atomic E-state index is -1.23. The third kappa shape index (κ3) is 5.71. The van der Waals surface area contributed by atoms with Crippen molar-refractivity contribution in [2.24, 2.45) is 5.92 Å². The van der Waals surface area contributed by atoms with Crippen LogP contribution < -0.4 is 16.0 Å². The lowest BCUT2D eigenvalue weighted by atomic mass is 9.93. The number of amides is 4. The molecule has 3 fully saturated rings. The minimum Gasteiger partial charge on any atom is -0.476 e. The third-order valence-corrected chi connectivity index (χ3v) is 9.75. The molecule has 0 bridgehead atoms. The predicted molar refractivity (Wildman–Crippen MR) is 167 cm³/mol. The molecule has 0 radical (unpaired) electrons. The van der Waals surface area contributed by atoms with Crippen molar-refractivity contribution in [3.63, 3.8) is 0 Å². The van der Waals surface area contributed by atoms with E-state index in [0.29, 0.717) is 28.3 Å². The van der Waals surface area contributed by atoms with Crippen molar-refractivity contribution in [3.05, 3.63) is 53.6 Å². The van der Waals surface area contributed by atoms with Gasteiger partial charge in [-0.15, -0.1) is 0 Å². The van der Waals surface area contributed by atoms with Crippen LogP contribution >= 0.6 is 0 Å². The van der Waals surface area contributed by atoms with Crippen molar-refractivity contribution in [1.82, 2.24) is 34.9 Å². The SMILES string of the molecule is Nc1ncc(-c2cnn(C3CCN(CC4CCN(c5cccc6c5C(=O)N(C5CCC(=O)NC5=O)C6=O)CC4)CC3)c2)nc1C(=O)O. The molecule has 4 amide bonds. The summed E-state index contributed by atoms with van der Waals surface area (Å²) >= 11 is 0. The number of fused-ring (bicyclic) bond motifs is 1. The summed E-state index contributed by atoms with van der Waals surface area (Å²) in [6.45, 7) is 4.36. The molecular weight excluding hydrogens is 606 g/mol. The van der Waals surface area contributed by atoms with Crippen LogP contribution in [0.5, 0.6) is 0 Å². The highest BCUT2D eigenvalue weighted by molar-refractivity contribution is 6.25. The molecule has 15 nitrogen and oxygen atoms in total. The zero-order valence-corrected chi connectivity index (χ0v) is 25.7. The number of imide groups is 2. The molecule has 4 N–H and O–H groups in total. The molecule has 1 unspecified atom stereocenters. The number of piperidine rings is 3. The largest absolute Gasteiger partial charge is 0.476 e. The van der Waals surface area contributed by atoms with Gasteiger partial charge >= 0.3 is 5.97 Å². The number of hydrogen-bond donors (Lipinski definition) is 3. The number of aromatic nitrogens is 4. The van der Waals surface area contributed by atoms with Gasteiger partial charge in [0.1, 0.15) is 6.04 Å². The van der Waals surface area contributed by atoms with Crippen LogP contribution in [-0.2, 0) is 9.59 Å². The molecule has 3 saturated heterocycles. The van der Waals surface area contributed by atoms with Gasteiger partial charge in [0.05, 0.1) is 40.9 Å². The minimum absolute atomic E-state index is 0.0864. The molecule has 6 heterocycles. The topological polar surface area (TPSA) is 197 Å². The number of carbonyl (C=O) groups is 5. The first-order valence-electron chi connectivity index (χ1n) is 15.9. The van der Waals surface area contributed by atoms with Crippen molar-refractivity contribution in [2.45, 2.75) is 50.6 Å². The predicted octanol–water partition coefficient (Wildman–Crippen LogP) is 1.58. The smallest absolute Gasteiger partial charge is 0.358 e. The first-order chi connectivity index (χ1) is 22.7. The summed E-state index contributed by atoms with van der Waals surface area (Å²) in [4.78, 5) is 76.1. The number of anilines is 2. The normalized spacial score (nSPS) is 21.3. The Bertz CT molecular complexity index is 1770. The number of rotatable bonds is 7. The van der Waals surface area contributed by atoms with Gasteiger partial charge in [0.25, 0.3) is 11.8 Å². The van der Waals surface area contributed by atoms with E-state index in [1.807, 2.05) is 16.9 Å². The van der Waals surface area contributed by atoms with Crippen LogP contribution in [0.2, 0.25) is 0 Å². The van der Waals surface area contributed by atoms with Crippen LogP contribution in [-0.4, -0.2) is 103 Å². The number of nitrogens with one attached hydrogen (secondary N) is 1. The number of carbonyl (C=O) groups excluding carboxylic acids is 4. The van der Waals surface area contributed by atoms with Crippen LogP contribution in [0, 0.1) is 5.92 Å². The van der Waals surface area contributed by atoms with Gasteiger partial charge in [-0.05, 0) is 50.2 Å². The average Bonchev–Trinajstić information content (AvgIpc) is 3.65. The number of aromatic carboxylic acids is 1. The van der Waals surface area contributed by atoms with E-state index in [2.05, 4.69) is 30.2 Å². The number of carboxylic acid groups (broad SMARTS) is 1. The van der Waals surface area contributed by atoms with E-state index in [4.69, 9.17) is 5.73 Å². The van der Waals surface area contributed by atoms with Gasteiger partial charge in [0.2, 0.25) is 11.8 Å². The number of nitrogens with two attached hydrogens (primary N) is 1. The molecule has 244 valence electrons. The van der Waals surface area contributed by atoms with Crippen LogP contribution in [0.4, 0.5) is 11.5 Å². The second-order valence-corrected chi connectivity index (χ2v) is 12.6. The maximum absolute atomic E-state index is 13.5.